The van der Waals surface area contributed by atoms with Crippen LogP contribution in [0.15, 0.2) is 23.3 Å². The van der Waals surface area contributed by atoms with Crippen LogP contribution in [-0.4, -0.2) is 10.8 Å². The monoisotopic (exact) mass is 284 g/mol. The zero-order chi connectivity index (χ0) is 14.6. The summed E-state index contributed by atoms with van der Waals surface area (Å²) in [6.45, 7) is 2.39. The van der Waals surface area contributed by atoms with Crippen molar-refractivity contribution in [3.05, 3.63) is 29.3 Å². The molecule has 1 aromatic carbocycles. The van der Waals surface area contributed by atoms with Crippen LogP contribution in [0.2, 0.25) is 0 Å². The van der Waals surface area contributed by atoms with Gasteiger partial charge in [0.2, 0.25) is 0 Å². The van der Waals surface area contributed by atoms with E-state index in [2.05, 4.69) is 18.1 Å². The minimum absolute atomic E-state index is 0.240. The van der Waals surface area contributed by atoms with Crippen molar-refractivity contribution in [3.8, 4) is 5.75 Å². The molecule has 0 amide bonds. The molecule has 0 bridgehead atoms. The number of hydrogen-bond acceptors (Lipinski definition) is 3. The third-order valence-corrected chi connectivity index (χ3v) is 6.61. The molecule has 3 nitrogen and oxygen atoms in total. The Kier molecular flexibility index (Phi) is 2.82. The summed E-state index contributed by atoms with van der Waals surface area (Å²) in [4.78, 5) is 0. The number of aryl methyl sites for hydroxylation is 1. The molecule has 2 saturated carbocycles. The molecule has 0 radical (unpaired) electrons. The maximum absolute atomic E-state index is 9.71. The van der Waals surface area contributed by atoms with E-state index in [1.807, 2.05) is 12.1 Å². The largest absolute Gasteiger partial charge is 0.508 e. The first-order chi connectivity index (χ1) is 10.1. The van der Waals surface area contributed by atoms with Gasteiger partial charge in [0.25, 0.3) is 0 Å². The van der Waals surface area contributed by atoms with Gasteiger partial charge < -0.3 is 10.9 Å². The summed E-state index contributed by atoms with van der Waals surface area (Å²) in [6.07, 6.45) is 7.12. The van der Waals surface area contributed by atoms with Gasteiger partial charge in [-0.2, -0.15) is 5.10 Å². The highest BCUT2D eigenvalue weighted by Crippen LogP contribution is 2.59. The number of nitrogens with zero attached hydrogens (tertiary/aromatic N) is 1. The summed E-state index contributed by atoms with van der Waals surface area (Å²) < 4.78 is 0. The molecule has 4 rings (SSSR count). The number of benzene rings is 1. The Morgan fingerprint density at radius 1 is 1.24 bits per heavy atom. The number of phenolic OH excluding ortho intramolecular Hbond substituents is 1. The van der Waals surface area contributed by atoms with Gasteiger partial charge in [0.1, 0.15) is 5.75 Å². The zero-order valence-electron chi connectivity index (χ0n) is 12.7. The van der Waals surface area contributed by atoms with Crippen molar-refractivity contribution >= 4 is 5.71 Å². The van der Waals surface area contributed by atoms with Crippen LogP contribution in [0.5, 0.6) is 5.75 Å². The van der Waals surface area contributed by atoms with Gasteiger partial charge in [0.15, 0.2) is 0 Å². The molecule has 0 saturated heterocycles. The van der Waals surface area contributed by atoms with E-state index in [1.165, 1.54) is 42.5 Å². The fourth-order valence-electron chi connectivity index (χ4n) is 5.57. The average molecular weight is 284 g/mol. The summed E-state index contributed by atoms with van der Waals surface area (Å²) in [5.41, 5.74) is 4.35. The van der Waals surface area contributed by atoms with E-state index in [4.69, 9.17) is 5.84 Å². The maximum Gasteiger partial charge on any atom is 0.115 e. The molecule has 3 N–H and O–H groups in total. The number of hydrazone groups is 1. The van der Waals surface area contributed by atoms with Gasteiger partial charge in [-0.1, -0.05) is 13.0 Å². The minimum Gasteiger partial charge on any atom is -0.508 e. The van der Waals surface area contributed by atoms with Crippen LogP contribution < -0.4 is 5.84 Å². The first-order valence-corrected chi connectivity index (χ1v) is 8.22. The molecule has 3 heteroatoms. The van der Waals surface area contributed by atoms with Crippen LogP contribution in [0.4, 0.5) is 0 Å². The summed E-state index contributed by atoms with van der Waals surface area (Å²) in [5.74, 6) is 8.23. The van der Waals surface area contributed by atoms with E-state index in [1.54, 1.807) is 0 Å². The molecule has 21 heavy (non-hydrogen) atoms. The Labute approximate surface area is 126 Å². The van der Waals surface area contributed by atoms with Gasteiger partial charge >= 0.3 is 0 Å². The smallest absolute Gasteiger partial charge is 0.115 e. The summed E-state index contributed by atoms with van der Waals surface area (Å²) >= 11 is 0. The first-order valence-electron chi connectivity index (χ1n) is 8.22. The number of hydrogen-bond donors (Lipinski definition) is 2. The van der Waals surface area contributed by atoms with Gasteiger partial charge in [-0.05, 0) is 79.5 Å². The van der Waals surface area contributed by atoms with Gasteiger partial charge in [0, 0.05) is 11.1 Å². The van der Waals surface area contributed by atoms with Crippen LogP contribution in [0, 0.1) is 17.3 Å². The second-order valence-electron chi connectivity index (χ2n) is 7.37. The molecule has 2 fully saturated rings. The molecule has 0 heterocycles. The molecule has 112 valence electrons. The van der Waals surface area contributed by atoms with E-state index in [0.29, 0.717) is 11.7 Å². The number of nitrogens with two attached hydrogens (primary N) is 1. The Morgan fingerprint density at radius 3 is 2.90 bits per heavy atom. The van der Waals surface area contributed by atoms with Gasteiger partial charge in [-0.25, -0.2) is 0 Å². The highest BCUT2D eigenvalue weighted by Gasteiger charge is 2.53. The molecule has 3 aliphatic rings. The normalized spacial score (nSPS) is 39.7. The molecular weight excluding hydrogens is 260 g/mol. The van der Waals surface area contributed by atoms with Gasteiger partial charge in [-0.3, -0.25) is 0 Å². The predicted molar refractivity (Wildman–Crippen MR) is 84.3 cm³/mol. The second kappa shape index (κ2) is 4.49. The molecule has 4 atom stereocenters. The lowest BCUT2D eigenvalue weighted by Gasteiger charge is -2.49. The van der Waals surface area contributed by atoms with E-state index >= 15 is 0 Å². The van der Waals surface area contributed by atoms with E-state index < -0.39 is 0 Å². The zero-order valence-corrected chi connectivity index (χ0v) is 12.7. The lowest BCUT2D eigenvalue weighted by molar-refractivity contribution is 0.0955. The maximum atomic E-state index is 9.71. The topological polar surface area (TPSA) is 58.6 Å². The summed E-state index contributed by atoms with van der Waals surface area (Å²) in [5, 5.41) is 13.8. The van der Waals surface area contributed by atoms with Crippen molar-refractivity contribution in [2.24, 2.45) is 28.2 Å². The quantitative estimate of drug-likeness (QED) is 0.565. The first kappa shape index (κ1) is 13.2. The van der Waals surface area contributed by atoms with Gasteiger partial charge in [0.05, 0.1) is 0 Å². The molecule has 0 spiro atoms. The van der Waals surface area contributed by atoms with E-state index in [0.717, 1.165) is 24.7 Å². The van der Waals surface area contributed by atoms with Crippen molar-refractivity contribution in [3.63, 3.8) is 0 Å². The van der Waals surface area contributed by atoms with Crippen molar-refractivity contribution in [1.29, 1.82) is 0 Å². The van der Waals surface area contributed by atoms with Crippen LogP contribution in [0.3, 0.4) is 0 Å². The lowest BCUT2D eigenvalue weighted by Crippen LogP contribution is -2.42. The highest BCUT2D eigenvalue weighted by molar-refractivity contribution is 5.92. The summed E-state index contributed by atoms with van der Waals surface area (Å²) in [7, 11) is 0. The third-order valence-electron chi connectivity index (χ3n) is 6.61. The minimum atomic E-state index is 0.240. The number of aromatic hydroxyl groups is 1. The fraction of sp³-hybridized carbons (Fsp3) is 0.611. The third kappa shape index (κ3) is 1.76. The van der Waals surface area contributed by atoms with Crippen LogP contribution in [0.25, 0.3) is 0 Å². The van der Waals surface area contributed by atoms with Crippen molar-refractivity contribution in [2.75, 3.05) is 0 Å². The van der Waals surface area contributed by atoms with Crippen LogP contribution in [-0.2, 0) is 6.42 Å². The van der Waals surface area contributed by atoms with Crippen LogP contribution >= 0.6 is 0 Å². The summed E-state index contributed by atoms with van der Waals surface area (Å²) in [6, 6.07) is 5.99. The van der Waals surface area contributed by atoms with Gasteiger partial charge in [-0.15, -0.1) is 0 Å². The lowest BCUT2D eigenvalue weighted by atomic mass is 9.55. The molecule has 3 unspecified atom stereocenters. The number of phenols is 1. The molecule has 1 aromatic rings. The van der Waals surface area contributed by atoms with E-state index in [9.17, 15) is 5.11 Å². The Balaban J connectivity index is 1.72. The fourth-order valence-corrected chi connectivity index (χ4v) is 5.57. The number of fused-ring (bicyclic) bond motifs is 5. The molecule has 0 aromatic heterocycles. The molecular formula is C18H24N2O. The van der Waals surface area contributed by atoms with Crippen LogP contribution in [0.1, 0.15) is 56.1 Å². The van der Waals surface area contributed by atoms with Crippen molar-refractivity contribution < 1.29 is 5.11 Å². The highest BCUT2D eigenvalue weighted by atomic mass is 16.3. The predicted octanol–water partition coefficient (Wildman–Crippen LogP) is 3.56. The Bertz CT molecular complexity index is 609. The second-order valence-corrected chi connectivity index (χ2v) is 7.37. The molecule has 0 aliphatic heterocycles. The van der Waals surface area contributed by atoms with E-state index in [-0.39, 0.29) is 5.41 Å². The Morgan fingerprint density at radius 2 is 2.10 bits per heavy atom. The van der Waals surface area contributed by atoms with Crippen molar-refractivity contribution in [1.82, 2.24) is 0 Å². The van der Waals surface area contributed by atoms with Crippen molar-refractivity contribution in [2.45, 2.75) is 51.4 Å². The SMILES string of the molecule is C[C@@]12CCC3c4ccc(O)cc4CCC3C1CC/C2=N\N. The standard InChI is InChI=1S/C18H24N2O/c1-18-9-8-14-13-5-3-12(21)10-11(13)2-4-15(14)16(18)6-7-17(18)20-19/h3,5,10,14-16,21H,2,4,6-9,19H2,1H3/b20-17+/t14?,15?,16?,18-/m1/s1. The Hall–Kier alpha value is -1.51. The average Bonchev–Trinajstić information content (AvgIpc) is 2.83. The number of rotatable bonds is 0. The molecule has 3 aliphatic carbocycles.